The Bertz CT molecular complexity index is 964. The van der Waals surface area contributed by atoms with Crippen LogP contribution in [0.2, 0.25) is 0 Å². The lowest BCUT2D eigenvalue weighted by molar-refractivity contribution is 0.0983. The molecule has 4 nitrogen and oxygen atoms in total. The zero-order chi connectivity index (χ0) is 19.0. The first-order valence-corrected chi connectivity index (χ1v) is 11.3. The van der Waals surface area contributed by atoms with Crippen LogP contribution in [0.15, 0.2) is 47.4 Å². The van der Waals surface area contributed by atoms with E-state index in [1.54, 1.807) is 18.2 Å². The highest BCUT2D eigenvalue weighted by Crippen LogP contribution is 2.30. The van der Waals surface area contributed by atoms with E-state index >= 15 is 0 Å². The third-order valence-corrected chi connectivity index (χ3v) is 7.65. The predicted molar refractivity (Wildman–Crippen MR) is 107 cm³/mol. The Labute approximate surface area is 161 Å². The molecule has 2 heterocycles. The molecule has 0 aliphatic carbocycles. The van der Waals surface area contributed by atoms with Crippen LogP contribution in [-0.2, 0) is 16.3 Å². The van der Waals surface area contributed by atoms with Crippen LogP contribution in [0.1, 0.15) is 42.1 Å². The quantitative estimate of drug-likeness (QED) is 0.807. The molecular weight excluding hydrogens is 358 g/mol. The summed E-state index contributed by atoms with van der Waals surface area (Å²) < 4.78 is 24.3. The molecule has 142 valence electrons. The lowest BCUT2D eigenvalue weighted by Gasteiger charge is -2.20. The van der Waals surface area contributed by atoms with Gasteiger partial charge in [-0.25, -0.2) is 8.42 Å². The molecule has 1 atom stereocenters. The van der Waals surface area contributed by atoms with Crippen LogP contribution in [0.3, 0.4) is 0 Å². The smallest absolute Gasteiger partial charge is 0.179 e. The molecule has 1 saturated heterocycles. The summed E-state index contributed by atoms with van der Waals surface area (Å²) in [6.07, 6.45) is 3.71. The van der Waals surface area contributed by atoms with Gasteiger partial charge in [-0.05, 0) is 61.6 Å². The molecule has 27 heavy (non-hydrogen) atoms. The Hall–Kier alpha value is -1.98. The molecule has 2 aliphatic heterocycles. The van der Waals surface area contributed by atoms with E-state index < -0.39 is 9.84 Å². The Morgan fingerprint density at radius 3 is 2.52 bits per heavy atom. The van der Waals surface area contributed by atoms with E-state index in [9.17, 15) is 13.2 Å². The van der Waals surface area contributed by atoms with E-state index in [4.69, 9.17) is 0 Å². The molecular formula is C22H25NO3S. The minimum Gasteiger partial charge on any atom is -0.300 e. The van der Waals surface area contributed by atoms with Crippen LogP contribution >= 0.6 is 0 Å². The minimum atomic E-state index is -3.33. The van der Waals surface area contributed by atoms with Crippen molar-refractivity contribution in [3.05, 3.63) is 53.6 Å². The zero-order valence-electron chi connectivity index (χ0n) is 15.6. The van der Waals surface area contributed by atoms with Gasteiger partial charge in [0.2, 0.25) is 0 Å². The van der Waals surface area contributed by atoms with E-state index in [-0.39, 0.29) is 22.9 Å². The molecule has 2 aromatic rings. The van der Waals surface area contributed by atoms with E-state index in [0.29, 0.717) is 11.6 Å². The third-order valence-electron chi connectivity index (χ3n) is 5.88. The van der Waals surface area contributed by atoms with Crippen molar-refractivity contribution in [1.82, 2.24) is 4.90 Å². The number of hydrogen-bond acceptors (Lipinski definition) is 4. The van der Waals surface area contributed by atoms with Crippen LogP contribution in [-0.4, -0.2) is 44.0 Å². The number of ketones is 1. The summed E-state index contributed by atoms with van der Waals surface area (Å²) in [4.78, 5) is 14.9. The molecule has 1 fully saturated rings. The second kappa shape index (κ2) is 7.21. The summed E-state index contributed by atoms with van der Waals surface area (Å²) in [6, 6.07) is 14.2. The number of sulfone groups is 1. The zero-order valence-corrected chi connectivity index (χ0v) is 16.5. The fraction of sp³-hybridized carbons (Fsp3) is 0.409. The average molecular weight is 384 g/mol. The molecule has 4 rings (SSSR count). The number of likely N-dealkylation sites (tertiary alicyclic amines) is 1. The Morgan fingerprint density at radius 2 is 1.81 bits per heavy atom. The number of rotatable bonds is 4. The first kappa shape index (κ1) is 18.4. The lowest BCUT2D eigenvalue weighted by Crippen LogP contribution is -2.28. The van der Waals surface area contributed by atoms with Gasteiger partial charge in [-0.15, -0.1) is 0 Å². The normalized spacial score (nSPS) is 22.0. The van der Waals surface area contributed by atoms with Crippen LogP contribution in [0.25, 0.3) is 11.1 Å². The molecule has 0 radical (unpaired) electrons. The standard InChI is InChI=1S/C22H25NO3S/c1-16-3-2-12-23(16)13-10-17-4-6-18(7-5-17)19-8-9-22-20(15-19)21(24)11-14-27(22,25)26/h4-9,15-16H,2-3,10-14H2,1H3. The van der Waals surface area contributed by atoms with Crippen molar-refractivity contribution in [2.75, 3.05) is 18.8 Å². The monoisotopic (exact) mass is 383 g/mol. The van der Waals surface area contributed by atoms with Gasteiger partial charge in [-0.1, -0.05) is 30.3 Å². The minimum absolute atomic E-state index is 0.0760. The fourth-order valence-corrected chi connectivity index (χ4v) is 5.59. The van der Waals surface area contributed by atoms with Crippen LogP contribution in [0.5, 0.6) is 0 Å². The molecule has 0 N–H and O–H groups in total. The maximum absolute atomic E-state index is 12.2. The predicted octanol–water partition coefficient (Wildman–Crippen LogP) is 3.74. The molecule has 0 bridgehead atoms. The summed E-state index contributed by atoms with van der Waals surface area (Å²) >= 11 is 0. The first-order chi connectivity index (χ1) is 12.9. The summed E-state index contributed by atoms with van der Waals surface area (Å²) in [7, 11) is -3.33. The Balaban J connectivity index is 1.52. The van der Waals surface area contributed by atoms with Gasteiger partial charge in [0.15, 0.2) is 15.6 Å². The van der Waals surface area contributed by atoms with E-state index in [2.05, 4.69) is 36.1 Å². The van der Waals surface area contributed by atoms with Crippen LogP contribution in [0, 0.1) is 0 Å². The number of carbonyl (C=O) groups is 1. The molecule has 5 heteroatoms. The summed E-state index contributed by atoms with van der Waals surface area (Å²) in [6.45, 7) is 4.59. The largest absolute Gasteiger partial charge is 0.300 e. The van der Waals surface area contributed by atoms with Gasteiger partial charge in [-0.3, -0.25) is 4.79 Å². The Morgan fingerprint density at radius 1 is 1.07 bits per heavy atom. The van der Waals surface area contributed by atoms with Crippen LogP contribution in [0.4, 0.5) is 0 Å². The number of carbonyl (C=O) groups excluding carboxylic acids is 1. The highest BCUT2D eigenvalue weighted by molar-refractivity contribution is 7.91. The molecule has 0 saturated carbocycles. The SMILES string of the molecule is CC1CCCN1CCc1ccc(-c2ccc3c(c2)C(=O)CCS3(=O)=O)cc1. The highest BCUT2D eigenvalue weighted by Gasteiger charge is 2.29. The average Bonchev–Trinajstić information content (AvgIpc) is 3.08. The van der Waals surface area contributed by atoms with Crippen LogP contribution < -0.4 is 0 Å². The number of fused-ring (bicyclic) bond motifs is 1. The topological polar surface area (TPSA) is 54.5 Å². The van der Waals surface area contributed by atoms with Crippen molar-refractivity contribution in [3.63, 3.8) is 0 Å². The van der Waals surface area contributed by atoms with Gasteiger partial charge < -0.3 is 4.90 Å². The summed E-state index contributed by atoms with van der Waals surface area (Å²) in [5, 5.41) is 0. The fourth-order valence-electron chi connectivity index (χ4n) is 4.13. The maximum Gasteiger partial charge on any atom is 0.179 e. The molecule has 0 amide bonds. The molecule has 2 aliphatic rings. The van der Waals surface area contributed by atoms with Gasteiger partial charge in [0.05, 0.1) is 10.6 Å². The molecule has 2 aromatic carbocycles. The van der Waals surface area contributed by atoms with Crippen molar-refractivity contribution in [2.24, 2.45) is 0 Å². The Kier molecular flexibility index (Phi) is 4.91. The molecule has 0 aromatic heterocycles. The molecule has 0 spiro atoms. The van der Waals surface area contributed by atoms with Gasteiger partial charge in [0, 0.05) is 24.6 Å². The van der Waals surface area contributed by atoms with Gasteiger partial charge in [-0.2, -0.15) is 0 Å². The molecule has 1 unspecified atom stereocenters. The highest BCUT2D eigenvalue weighted by atomic mass is 32.2. The summed E-state index contributed by atoms with van der Waals surface area (Å²) in [5.74, 6) is -0.166. The van der Waals surface area contributed by atoms with Crippen molar-refractivity contribution in [3.8, 4) is 11.1 Å². The number of hydrogen-bond donors (Lipinski definition) is 0. The van der Waals surface area contributed by atoms with E-state index in [0.717, 1.165) is 24.1 Å². The van der Waals surface area contributed by atoms with Gasteiger partial charge >= 0.3 is 0 Å². The van der Waals surface area contributed by atoms with Crippen molar-refractivity contribution in [2.45, 2.75) is 43.5 Å². The summed E-state index contributed by atoms with van der Waals surface area (Å²) in [5.41, 5.74) is 3.53. The third kappa shape index (κ3) is 3.71. The van der Waals surface area contributed by atoms with Crippen molar-refractivity contribution in [1.29, 1.82) is 0 Å². The number of benzene rings is 2. The van der Waals surface area contributed by atoms with Gasteiger partial charge in [0.1, 0.15) is 0 Å². The maximum atomic E-state index is 12.2. The van der Waals surface area contributed by atoms with Crippen molar-refractivity contribution >= 4 is 15.6 Å². The first-order valence-electron chi connectivity index (χ1n) is 9.67. The number of Topliss-reactive ketones (excluding diaryl/α,β-unsaturated/α-hetero) is 1. The van der Waals surface area contributed by atoms with E-state index in [1.807, 2.05) is 0 Å². The lowest BCUT2D eigenvalue weighted by atomic mass is 9.98. The van der Waals surface area contributed by atoms with Gasteiger partial charge in [0.25, 0.3) is 0 Å². The van der Waals surface area contributed by atoms with E-state index in [1.165, 1.54) is 24.9 Å². The second-order valence-corrected chi connectivity index (χ2v) is 9.75. The number of nitrogens with zero attached hydrogens (tertiary/aromatic N) is 1. The van der Waals surface area contributed by atoms with Crippen molar-refractivity contribution < 1.29 is 13.2 Å². The second-order valence-electron chi connectivity index (χ2n) is 7.68.